The summed E-state index contributed by atoms with van der Waals surface area (Å²) in [5.74, 6) is 0.275. The third-order valence-corrected chi connectivity index (χ3v) is 13.2. The molecule has 1 aliphatic heterocycles. The zero-order valence-corrected chi connectivity index (χ0v) is 36.3. The lowest BCUT2D eigenvalue weighted by molar-refractivity contribution is -0.182. The number of anilines is 1. The lowest BCUT2D eigenvalue weighted by Gasteiger charge is -2.50. The molecule has 0 spiro atoms. The molecule has 0 bridgehead atoms. The van der Waals surface area contributed by atoms with E-state index in [1.54, 1.807) is 19.1 Å². The van der Waals surface area contributed by atoms with Gasteiger partial charge in [-0.25, -0.2) is 0 Å². The number of aliphatic hydroxyl groups excluding tert-OH is 3. The van der Waals surface area contributed by atoms with E-state index in [-0.39, 0.29) is 42.3 Å². The summed E-state index contributed by atoms with van der Waals surface area (Å²) in [7, 11) is 9.20. The van der Waals surface area contributed by atoms with Gasteiger partial charge in [-0.05, 0) is 79.9 Å². The summed E-state index contributed by atoms with van der Waals surface area (Å²) < 4.78 is 6.10. The van der Waals surface area contributed by atoms with Crippen LogP contribution in [0.5, 0.6) is 5.75 Å². The van der Waals surface area contributed by atoms with Gasteiger partial charge in [0.25, 0.3) is 5.91 Å². The molecule has 58 heavy (non-hydrogen) atoms. The van der Waals surface area contributed by atoms with Gasteiger partial charge in [0.05, 0.1) is 32.4 Å². The number of hydroxylamine groups is 2. The number of hydrogen-bond acceptors (Lipinski definition) is 10. The smallest absolute Gasteiger partial charge is 0.251 e. The average molecular weight is 802 g/mol. The van der Waals surface area contributed by atoms with Crippen LogP contribution in [0, 0.1) is 29.1 Å². The number of nitrogens with zero attached hydrogens (tertiary/aromatic N) is 3. The molecule has 1 saturated heterocycles. The van der Waals surface area contributed by atoms with Gasteiger partial charge >= 0.3 is 0 Å². The molecule has 318 valence electrons. The van der Waals surface area contributed by atoms with E-state index in [1.807, 2.05) is 105 Å². The molecule has 3 aromatic rings. The summed E-state index contributed by atoms with van der Waals surface area (Å²) in [5.41, 5.74) is 4.21. The van der Waals surface area contributed by atoms with E-state index in [0.717, 1.165) is 23.2 Å². The van der Waals surface area contributed by atoms with Crippen LogP contribution >= 0.6 is 0 Å². The van der Waals surface area contributed by atoms with Crippen LogP contribution in [0.3, 0.4) is 0 Å². The Hall–Kier alpha value is -4.04. The Balaban J connectivity index is 1.47. The summed E-state index contributed by atoms with van der Waals surface area (Å²) >= 11 is 0. The molecule has 2 amide bonds. The van der Waals surface area contributed by atoms with Gasteiger partial charge in [0, 0.05) is 55.0 Å². The largest absolute Gasteiger partial charge is 0.496 e. The fraction of sp³-hybridized carbons (Fsp3) is 0.565. The number of benzene rings is 3. The number of nitrogens with one attached hydrogen (secondary N) is 2. The Morgan fingerprint density at radius 3 is 2.29 bits per heavy atom. The van der Waals surface area contributed by atoms with Gasteiger partial charge in [-0.1, -0.05) is 83.1 Å². The number of rotatable bonds is 15. The van der Waals surface area contributed by atoms with Crippen molar-refractivity contribution in [1.82, 2.24) is 20.6 Å². The molecule has 5 rings (SSSR count). The van der Waals surface area contributed by atoms with Crippen molar-refractivity contribution < 1.29 is 34.5 Å². The van der Waals surface area contributed by atoms with Gasteiger partial charge in [-0.3, -0.25) is 14.4 Å². The van der Waals surface area contributed by atoms with Gasteiger partial charge in [0.2, 0.25) is 5.91 Å². The molecule has 10 atom stereocenters. The Kier molecular flexibility index (Phi) is 14.7. The summed E-state index contributed by atoms with van der Waals surface area (Å²) in [4.78, 5) is 38.6. The molecule has 2 aliphatic rings. The Morgan fingerprint density at radius 2 is 1.69 bits per heavy atom. The maximum atomic E-state index is 14.4. The Bertz CT molecular complexity index is 1850. The molecule has 0 radical (unpaired) electrons. The van der Waals surface area contributed by atoms with E-state index in [0.29, 0.717) is 40.8 Å². The van der Waals surface area contributed by atoms with Crippen LogP contribution in [0.25, 0.3) is 11.1 Å². The fourth-order valence-electron chi connectivity index (χ4n) is 8.96. The van der Waals surface area contributed by atoms with Gasteiger partial charge in [-0.15, -0.1) is 0 Å². The highest BCUT2D eigenvalue weighted by Gasteiger charge is 2.51. The van der Waals surface area contributed by atoms with Gasteiger partial charge in [0.15, 0.2) is 0 Å². The van der Waals surface area contributed by atoms with Crippen LogP contribution in [0.2, 0.25) is 0 Å². The van der Waals surface area contributed by atoms with Crippen molar-refractivity contribution in [2.45, 2.75) is 90.9 Å². The van der Waals surface area contributed by atoms with Crippen molar-refractivity contribution in [1.29, 1.82) is 0 Å². The second-order valence-corrected chi connectivity index (χ2v) is 17.7. The zero-order valence-electron chi connectivity index (χ0n) is 36.3. The third kappa shape index (κ3) is 9.70. The normalized spacial score (nSPS) is 26.2. The van der Waals surface area contributed by atoms with E-state index in [4.69, 9.17) is 9.57 Å². The molecular formula is C46H67N5O7. The van der Waals surface area contributed by atoms with Gasteiger partial charge < -0.3 is 40.5 Å². The van der Waals surface area contributed by atoms with Crippen LogP contribution < -0.4 is 20.3 Å². The Labute approximate surface area is 345 Å². The number of carbonyl (C=O) groups is 2. The molecule has 1 heterocycles. The van der Waals surface area contributed by atoms with E-state index < -0.39 is 36.3 Å². The third-order valence-electron chi connectivity index (χ3n) is 13.2. The minimum Gasteiger partial charge on any atom is -0.496 e. The first-order valence-electron chi connectivity index (χ1n) is 20.6. The number of hydrogen-bond donors (Lipinski definition) is 5. The minimum atomic E-state index is -0.934. The molecule has 5 N–H and O–H groups in total. The first-order chi connectivity index (χ1) is 27.4. The summed E-state index contributed by atoms with van der Waals surface area (Å²) in [6, 6.07) is 19.1. The van der Waals surface area contributed by atoms with Crippen LogP contribution in [-0.2, 0) is 16.2 Å². The minimum absolute atomic E-state index is 0.0526. The lowest BCUT2D eigenvalue weighted by atomic mass is 9.58. The predicted molar refractivity (Wildman–Crippen MR) is 228 cm³/mol. The monoisotopic (exact) mass is 802 g/mol. The van der Waals surface area contributed by atoms with E-state index in [2.05, 4.69) is 45.3 Å². The van der Waals surface area contributed by atoms with E-state index in [9.17, 15) is 24.9 Å². The number of likely N-dealkylation sites (N-methyl/N-ethyl adjacent to an activating group) is 1. The summed E-state index contributed by atoms with van der Waals surface area (Å²) in [6.07, 6.45) is -1.81. The molecule has 1 saturated carbocycles. The predicted octanol–water partition coefficient (Wildman–Crippen LogP) is 5.12. The second-order valence-electron chi connectivity index (χ2n) is 17.7. The van der Waals surface area contributed by atoms with Gasteiger partial charge in [0.1, 0.15) is 24.0 Å². The van der Waals surface area contributed by atoms with Crippen molar-refractivity contribution in [2.24, 2.45) is 29.1 Å². The first-order valence-corrected chi connectivity index (χ1v) is 20.6. The molecule has 3 aromatic carbocycles. The zero-order chi connectivity index (χ0) is 42.6. The number of methoxy groups -OCH3 is 1. The molecule has 12 nitrogen and oxygen atoms in total. The number of aliphatic hydroxyl groups is 3. The van der Waals surface area contributed by atoms with Crippen molar-refractivity contribution in [3.63, 3.8) is 0 Å². The molecule has 1 aliphatic carbocycles. The molecule has 12 heteroatoms. The molecular weight excluding hydrogens is 735 g/mol. The number of carbonyl (C=O) groups excluding carboxylic acids is 2. The second kappa shape index (κ2) is 18.9. The van der Waals surface area contributed by atoms with Crippen LogP contribution in [0.1, 0.15) is 75.6 Å². The van der Waals surface area contributed by atoms with Crippen molar-refractivity contribution in [2.75, 3.05) is 53.4 Å². The number of para-hydroxylation sites is 1. The summed E-state index contributed by atoms with van der Waals surface area (Å²) in [6.45, 7) is 13.1. The van der Waals surface area contributed by atoms with Crippen molar-refractivity contribution >= 4 is 17.5 Å². The Morgan fingerprint density at radius 1 is 1.00 bits per heavy atom. The SMILES string of the molecule is COc1c(CN2O[C@@H](CO)[C@@H]([C@H](C)O)[C@H]2C(=O)N[C@H]2C[C@@H](C)C(C)(C)[C@@H](C)[C@@H]2C)cccc1-c1cc(C(=O)NC(CN(C)C)C(O)c2ccccc2)cc(N(C)C)c1. The number of ether oxygens (including phenoxy) is 1. The standard InChI is InChI=1S/C46H67N5O7/c1-27-20-37(28(2)29(3)46(27,5)6)47-45(56)41-40(30(4)53)39(26-52)58-51(41)24-32-18-15-19-36(43(32)57-11)33-21-34(23-35(22-33)50(9)10)44(55)48-38(25-49(7)8)42(54)31-16-13-12-14-17-31/h12-19,21-23,27-30,37-42,52-54H,20,24-26H2,1-11H3,(H,47,56)(H,48,55)/t27-,28+,29+,30+,37+,38?,39+,40-,41+,42?/m1/s1. The fourth-order valence-corrected chi connectivity index (χ4v) is 8.96. The van der Waals surface area contributed by atoms with Crippen molar-refractivity contribution in [3.8, 4) is 16.9 Å². The van der Waals surface area contributed by atoms with E-state index in [1.165, 1.54) is 0 Å². The molecule has 2 fully saturated rings. The highest BCUT2D eigenvalue weighted by atomic mass is 16.7. The molecule has 2 unspecified atom stereocenters. The summed E-state index contributed by atoms with van der Waals surface area (Å²) in [5, 5.41) is 40.8. The topological polar surface area (TPSA) is 147 Å². The molecule has 0 aromatic heterocycles. The van der Waals surface area contributed by atoms with Crippen LogP contribution in [-0.4, -0.2) is 116 Å². The quantitative estimate of drug-likeness (QED) is 0.141. The van der Waals surface area contributed by atoms with Crippen LogP contribution in [0.4, 0.5) is 5.69 Å². The van der Waals surface area contributed by atoms with Gasteiger partial charge in [-0.2, -0.15) is 5.06 Å². The first kappa shape index (κ1) is 45.1. The lowest BCUT2D eigenvalue weighted by Crippen LogP contribution is -2.56. The maximum absolute atomic E-state index is 14.4. The highest BCUT2D eigenvalue weighted by Crippen LogP contribution is 2.48. The van der Waals surface area contributed by atoms with Crippen LogP contribution in [0.15, 0.2) is 66.7 Å². The maximum Gasteiger partial charge on any atom is 0.251 e. The average Bonchev–Trinajstić information content (AvgIpc) is 3.57. The van der Waals surface area contributed by atoms with Crippen molar-refractivity contribution in [3.05, 3.63) is 83.4 Å². The highest BCUT2D eigenvalue weighted by molar-refractivity contribution is 5.97. The number of amides is 2. The van der Waals surface area contributed by atoms with E-state index >= 15 is 0 Å².